The van der Waals surface area contributed by atoms with Gasteiger partial charge in [-0.25, -0.2) is 4.79 Å². The number of rotatable bonds is 9. The fourth-order valence-electron chi connectivity index (χ4n) is 2.69. The van der Waals surface area contributed by atoms with E-state index in [2.05, 4.69) is 17.6 Å². The van der Waals surface area contributed by atoms with Gasteiger partial charge in [0.1, 0.15) is 0 Å². The predicted octanol–water partition coefficient (Wildman–Crippen LogP) is 2.63. The Kier molecular flexibility index (Phi) is 6.94. The molecule has 0 spiro atoms. The number of ether oxygens (including phenoxy) is 1. The summed E-state index contributed by atoms with van der Waals surface area (Å²) >= 11 is 0. The molecule has 7 nitrogen and oxygen atoms in total. The van der Waals surface area contributed by atoms with Crippen molar-refractivity contribution in [1.29, 1.82) is 0 Å². The van der Waals surface area contributed by atoms with Crippen LogP contribution in [0.5, 0.6) is 0 Å². The smallest absolute Gasteiger partial charge is 0.319 e. The van der Waals surface area contributed by atoms with Gasteiger partial charge in [-0.2, -0.15) is 0 Å². The number of hydrogen-bond acceptors (Lipinski definition) is 4. The fourth-order valence-corrected chi connectivity index (χ4v) is 2.69. The molecule has 0 saturated carbocycles. The van der Waals surface area contributed by atoms with Crippen LogP contribution in [0.25, 0.3) is 0 Å². The Morgan fingerprint density at radius 3 is 2.60 bits per heavy atom. The van der Waals surface area contributed by atoms with Crippen molar-refractivity contribution in [3.05, 3.63) is 29.3 Å². The van der Waals surface area contributed by atoms with Crippen molar-refractivity contribution in [2.45, 2.75) is 32.6 Å². The molecule has 0 unspecified atom stereocenters. The Bertz CT molecular complexity index is 645. The number of carbonyl (C=O) groups is 3. The van der Waals surface area contributed by atoms with Gasteiger partial charge in [0, 0.05) is 32.5 Å². The van der Waals surface area contributed by atoms with Crippen LogP contribution in [-0.4, -0.2) is 49.6 Å². The second-order valence-electron chi connectivity index (χ2n) is 5.96. The van der Waals surface area contributed by atoms with E-state index in [1.54, 1.807) is 25.3 Å². The lowest BCUT2D eigenvalue weighted by molar-refractivity contribution is 0.0638. The normalized spacial score (nSPS) is 13.1. The summed E-state index contributed by atoms with van der Waals surface area (Å²) in [7, 11) is 1.58. The zero-order valence-corrected chi connectivity index (χ0v) is 14.8. The number of benzene rings is 1. The van der Waals surface area contributed by atoms with Gasteiger partial charge in [-0.15, -0.1) is 0 Å². The fraction of sp³-hybridized carbons (Fsp3) is 0.500. The average Bonchev–Trinajstić information content (AvgIpc) is 2.83. The van der Waals surface area contributed by atoms with E-state index in [0.29, 0.717) is 42.9 Å². The Morgan fingerprint density at radius 1 is 1.12 bits per heavy atom. The van der Waals surface area contributed by atoms with E-state index in [1.807, 2.05) is 0 Å². The van der Waals surface area contributed by atoms with Crippen molar-refractivity contribution in [3.8, 4) is 0 Å². The number of hydrogen-bond donors (Lipinski definition) is 2. The molecule has 7 heteroatoms. The van der Waals surface area contributed by atoms with Crippen LogP contribution in [0.3, 0.4) is 0 Å². The highest BCUT2D eigenvalue weighted by atomic mass is 16.5. The molecule has 0 atom stereocenters. The molecule has 1 aromatic carbocycles. The third kappa shape index (κ3) is 4.79. The Morgan fingerprint density at radius 2 is 1.88 bits per heavy atom. The lowest BCUT2D eigenvalue weighted by atomic mass is 10.1. The van der Waals surface area contributed by atoms with Crippen LogP contribution in [0.4, 0.5) is 10.5 Å². The van der Waals surface area contributed by atoms with Crippen molar-refractivity contribution in [2.75, 3.05) is 32.1 Å². The van der Waals surface area contributed by atoms with Gasteiger partial charge in [-0.05, 0) is 31.0 Å². The molecular formula is C18H25N3O4. The molecular weight excluding hydrogens is 322 g/mol. The molecule has 1 aliphatic rings. The van der Waals surface area contributed by atoms with Crippen LogP contribution in [-0.2, 0) is 4.74 Å². The lowest BCUT2D eigenvalue weighted by Crippen LogP contribution is -2.31. The van der Waals surface area contributed by atoms with Crippen LogP contribution in [0.15, 0.2) is 18.2 Å². The molecule has 1 heterocycles. The first kappa shape index (κ1) is 18.9. The highest BCUT2D eigenvalue weighted by molar-refractivity contribution is 6.21. The van der Waals surface area contributed by atoms with Crippen molar-refractivity contribution in [3.63, 3.8) is 0 Å². The summed E-state index contributed by atoms with van der Waals surface area (Å²) in [6.07, 6.45) is 3.67. The van der Waals surface area contributed by atoms with E-state index in [9.17, 15) is 14.4 Å². The molecule has 0 fully saturated rings. The van der Waals surface area contributed by atoms with Crippen molar-refractivity contribution in [1.82, 2.24) is 10.2 Å². The number of unbranched alkanes of at least 4 members (excludes halogenated alkanes) is 2. The van der Waals surface area contributed by atoms with Crippen molar-refractivity contribution >= 4 is 23.5 Å². The summed E-state index contributed by atoms with van der Waals surface area (Å²) in [5.74, 6) is -0.630. The number of amides is 4. The van der Waals surface area contributed by atoms with Gasteiger partial charge in [-0.1, -0.05) is 19.8 Å². The second kappa shape index (κ2) is 9.17. The highest BCUT2D eigenvalue weighted by Gasteiger charge is 2.35. The third-order valence-corrected chi connectivity index (χ3v) is 4.02. The Balaban J connectivity index is 1.97. The van der Waals surface area contributed by atoms with Crippen LogP contribution in [0, 0.1) is 0 Å². The first-order chi connectivity index (χ1) is 12.1. The Labute approximate surface area is 147 Å². The molecule has 0 radical (unpaired) electrons. The minimum absolute atomic E-state index is 0.299. The number of methoxy groups -OCH3 is 1. The third-order valence-electron chi connectivity index (χ3n) is 4.02. The van der Waals surface area contributed by atoms with Crippen molar-refractivity contribution in [2.24, 2.45) is 0 Å². The second-order valence-corrected chi connectivity index (χ2v) is 5.96. The summed E-state index contributed by atoms with van der Waals surface area (Å²) in [5, 5.41) is 5.47. The topological polar surface area (TPSA) is 87.7 Å². The summed E-state index contributed by atoms with van der Waals surface area (Å²) < 4.78 is 4.96. The van der Waals surface area contributed by atoms with E-state index in [0.717, 1.165) is 19.3 Å². The molecule has 0 aliphatic carbocycles. The molecule has 136 valence electrons. The predicted molar refractivity (Wildman–Crippen MR) is 94.8 cm³/mol. The molecule has 2 N–H and O–H groups in total. The lowest BCUT2D eigenvalue weighted by Gasteiger charge is -2.12. The number of imide groups is 1. The van der Waals surface area contributed by atoms with Gasteiger partial charge in [0.2, 0.25) is 0 Å². The van der Waals surface area contributed by atoms with E-state index in [1.165, 1.54) is 4.90 Å². The zero-order chi connectivity index (χ0) is 18.2. The largest absolute Gasteiger partial charge is 0.385 e. The number of urea groups is 1. The number of nitrogens with one attached hydrogen (secondary N) is 2. The molecule has 25 heavy (non-hydrogen) atoms. The first-order valence-corrected chi connectivity index (χ1v) is 8.62. The molecule has 0 aromatic heterocycles. The number of carbonyl (C=O) groups excluding carboxylic acids is 3. The average molecular weight is 347 g/mol. The van der Waals surface area contributed by atoms with Crippen LogP contribution < -0.4 is 10.6 Å². The highest BCUT2D eigenvalue weighted by Crippen LogP contribution is 2.26. The quantitative estimate of drug-likeness (QED) is 0.531. The maximum absolute atomic E-state index is 12.4. The summed E-state index contributed by atoms with van der Waals surface area (Å²) in [6, 6.07) is 4.45. The summed E-state index contributed by atoms with van der Waals surface area (Å²) in [5.41, 5.74) is 1.19. The van der Waals surface area contributed by atoms with Crippen LogP contribution >= 0.6 is 0 Å². The van der Waals surface area contributed by atoms with Gasteiger partial charge < -0.3 is 15.4 Å². The molecule has 0 bridgehead atoms. The molecule has 1 aliphatic heterocycles. The number of nitrogens with zero attached hydrogens (tertiary/aromatic N) is 1. The van der Waals surface area contributed by atoms with Gasteiger partial charge in [0.15, 0.2) is 0 Å². The number of fused-ring (bicyclic) bond motifs is 1. The van der Waals surface area contributed by atoms with Gasteiger partial charge in [0.05, 0.1) is 11.1 Å². The minimum atomic E-state index is -0.330. The molecule has 0 saturated heterocycles. The Hall–Kier alpha value is -2.41. The van der Waals surface area contributed by atoms with E-state index in [-0.39, 0.29) is 17.8 Å². The maximum Gasteiger partial charge on any atom is 0.319 e. The van der Waals surface area contributed by atoms with Gasteiger partial charge in [0.25, 0.3) is 11.8 Å². The minimum Gasteiger partial charge on any atom is -0.385 e. The van der Waals surface area contributed by atoms with E-state index in [4.69, 9.17) is 4.74 Å². The van der Waals surface area contributed by atoms with Gasteiger partial charge >= 0.3 is 6.03 Å². The van der Waals surface area contributed by atoms with Gasteiger partial charge in [-0.3, -0.25) is 14.5 Å². The standard InChI is InChI=1S/C18H25N3O4/c1-3-4-5-9-19-18(24)20-13-7-8-14-15(12-13)17(23)21(16(14)22)10-6-11-25-2/h7-8,12H,3-6,9-11H2,1-2H3,(H2,19,20,24). The van der Waals surface area contributed by atoms with E-state index >= 15 is 0 Å². The monoisotopic (exact) mass is 347 g/mol. The van der Waals surface area contributed by atoms with Crippen molar-refractivity contribution < 1.29 is 19.1 Å². The SMILES string of the molecule is CCCCCNC(=O)Nc1ccc2c(c1)C(=O)N(CCCOC)C2=O. The van der Waals surface area contributed by atoms with Crippen LogP contribution in [0.2, 0.25) is 0 Å². The summed E-state index contributed by atoms with van der Waals surface area (Å²) in [4.78, 5) is 37.8. The molecule has 4 amide bonds. The molecule has 1 aromatic rings. The summed E-state index contributed by atoms with van der Waals surface area (Å²) in [6.45, 7) is 3.51. The van der Waals surface area contributed by atoms with E-state index < -0.39 is 0 Å². The van der Waals surface area contributed by atoms with Crippen LogP contribution in [0.1, 0.15) is 53.3 Å². The zero-order valence-electron chi connectivity index (χ0n) is 14.8. The first-order valence-electron chi connectivity index (χ1n) is 8.62. The number of anilines is 1. The maximum atomic E-state index is 12.4. The molecule has 2 rings (SSSR count).